The molecule has 0 atom stereocenters. The molecule has 0 aliphatic heterocycles. The number of rotatable bonds is 16. The molecule has 0 spiro atoms. The van der Waals surface area contributed by atoms with Crippen LogP contribution < -0.4 is 34.5 Å². The van der Waals surface area contributed by atoms with Crippen molar-refractivity contribution in [2.75, 3.05) is 43.6 Å². The number of azo groups is 1. The van der Waals surface area contributed by atoms with Crippen LogP contribution in [0.5, 0.6) is 0 Å². The second kappa shape index (κ2) is 15.7. The quantitative estimate of drug-likeness (QED) is 0.0857. The van der Waals surface area contributed by atoms with E-state index in [4.69, 9.17) is 9.11 Å². The molecule has 0 saturated carbocycles. The van der Waals surface area contributed by atoms with Crippen LogP contribution in [-0.4, -0.2) is 86.0 Å². The molecule has 0 unspecified atom stereocenters. The molecule has 0 bridgehead atoms. The Morgan fingerprint density at radius 1 is 0.780 bits per heavy atom. The summed E-state index contributed by atoms with van der Waals surface area (Å²) in [7, 11) is -18.4. The molecule has 2 aromatic carbocycles. The van der Waals surface area contributed by atoms with Crippen LogP contribution in [0.3, 0.4) is 0 Å². The SMILES string of the molecule is Cc1cc(N(CCOS(=O)(=O)O)CCOS(=O)(=O)O)ccc1N=Nc1ccc(S(=O)(=O)CCOS(=O)(=O)[O-])cc1.[Na+]. The van der Waals surface area contributed by atoms with Gasteiger partial charge in [-0.05, 0) is 55.0 Å². The van der Waals surface area contributed by atoms with Crippen molar-refractivity contribution in [3.05, 3.63) is 48.0 Å². The molecule has 2 aromatic rings. The Morgan fingerprint density at radius 2 is 1.32 bits per heavy atom. The molecule has 2 N–H and O–H groups in total. The summed E-state index contributed by atoms with van der Waals surface area (Å²) in [5, 5.41) is 8.12. The Balaban J connectivity index is 0.00000840. The van der Waals surface area contributed by atoms with Gasteiger partial charge in [-0.1, -0.05) is 0 Å². The van der Waals surface area contributed by atoms with E-state index >= 15 is 0 Å². The summed E-state index contributed by atoms with van der Waals surface area (Å²) >= 11 is 0. The van der Waals surface area contributed by atoms with Gasteiger partial charge >= 0.3 is 50.4 Å². The van der Waals surface area contributed by atoms with Crippen LogP contribution in [0.15, 0.2) is 57.6 Å². The molecule has 0 heterocycles. The van der Waals surface area contributed by atoms with E-state index in [9.17, 15) is 38.2 Å². The molecule has 0 amide bonds. The fraction of sp³-hybridized carbons (Fsp3) is 0.368. The first-order valence-corrected chi connectivity index (χ1v) is 16.5. The number of hydrogen-bond donors (Lipinski definition) is 2. The predicted octanol–water partition coefficient (Wildman–Crippen LogP) is -1.89. The fourth-order valence-electron chi connectivity index (χ4n) is 3.02. The van der Waals surface area contributed by atoms with Gasteiger partial charge in [0.15, 0.2) is 9.84 Å². The first kappa shape index (κ1) is 37.4. The van der Waals surface area contributed by atoms with E-state index in [1.807, 2.05) is 0 Å². The van der Waals surface area contributed by atoms with Crippen LogP contribution in [0.4, 0.5) is 17.1 Å². The predicted molar refractivity (Wildman–Crippen MR) is 137 cm³/mol. The van der Waals surface area contributed by atoms with Gasteiger partial charge in [0.25, 0.3) is 0 Å². The third-order valence-corrected chi connectivity index (χ3v) is 7.86. The number of anilines is 1. The zero-order valence-electron chi connectivity index (χ0n) is 21.6. The number of sulfone groups is 1. The average molecular weight is 670 g/mol. The summed E-state index contributed by atoms with van der Waals surface area (Å²) < 4.78 is 129. The molecule has 22 heteroatoms. The van der Waals surface area contributed by atoms with E-state index < -0.39 is 66.6 Å². The number of benzene rings is 2. The molecule has 224 valence electrons. The molecule has 0 aliphatic rings. The number of aryl methyl sites for hydroxylation is 1. The molecule has 0 aliphatic carbocycles. The van der Waals surface area contributed by atoms with Gasteiger partial charge in [-0.25, -0.2) is 25.2 Å². The zero-order chi connectivity index (χ0) is 30.2. The largest absolute Gasteiger partial charge is 1.00 e. The summed E-state index contributed by atoms with van der Waals surface area (Å²) in [6, 6.07) is 9.81. The van der Waals surface area contributed by atoms with Crippen molar-refractivity contribution < 1.29 is 89.4 Å². The zero-order valence-corrected chi connectivity index (χ0v) is 26.8. The smallest absolute Gasteiger partial charge is 0.726 e. The van der Waals surface area contributed by atoms with Crippen molar-refractivity contribution >= 4 is 58.1 Å². The maximum absolute atomic E-state index is 12.2. The molecule has 17 nitrogen and oxygen atoms in total. The number of hydrogen-bond acceptors (Lipinski definition) is 15. The van der Waals surface area contributed by atoms with Gasteiger partial charge in [0, 0.05) is 18.8 Å². The van der Waals surface area contributed by atoms with E-state index in [0.717, 1.165) is 0 Å². The Labute approximate surface area is 259 Å². The molecule has 0 aromatic heterocycles. The summed E-state index contributed by atoms with van der Waals surface area (Å²) in [6.07, 6.45) is 0. The molecule has 0 fully saturated rings. The molecular formula is C19H24N3NaO14S4. The van der Waals surface area contributed by atoms with Crippen molar-refractivity contribution in [1.29, 1.82) is 0 Å². The molecule has 0 radical (unpaired) electrons. The molecule has 41 heavy (non-hydrogen) atoms. The first-order chi connectivity index (χ1) is 18.3. The summed E-state index contributed by atoms with van der Waals surface area (Å²) in [4.78, 5) is 1.30. The molecular weight excluding hydrogens is 645 g/mol. The van der Waals surface area contributed by atoms with E-state index in [1.165, 1.54) is 35.2 Å². The van der Waals surface area contributed by atoms with Crippen LogP contribution in [0.2, 0.25) is 0 Å². The van der Waals surface area contributed by atoms with Gasteiger partial charge in [-0.3, -0.25) is 13.3 Å². The van der Waals surface area contributed by atoms with Crippen molar-refractivity contribution in [2.45, 2.75) is 11.8 Å². The maximum Gasteiger partial charge on any atom is 1.00 e. The minimum Gasteiger partial charge on any atom is -0.726 e. The monoisotopic (exact) mass is 669 g/mol. The molecule has 2 rings (SSSR count). The second-order valence-electron chi connectivity index (χ2n) is 7.70. The third kappa shape index (κ3) is 14.9. The van der Waals surface area contributed by atoms with Crippen molar-refractivity contribution in [1.82, 2.24) is 0 Å². The average Bonchev–Trinajstić information content (AvgIpc) is 2.80. The van der Waals surface area contributed by atoms with Crippen LogP contribution >= 0.6 is 0 Å². The van der Waals surface area contributed by atoms with Crippen LogP contribution in [0, 0.1) is 6.92 Å². The standard InChI is InChI=1S/C19H25N3O14S4.Na/c1-15-14-17(22(8-10-34-38(25,26)27)9-11-35-39(28,29)30)4-7-19(15)21-20-16-2-5-18(6-3-16)37(23,24)13-12-36-40(31,32)33;/h2-7,14H,8-13H2,1H3,(H,25,26,27)(H,28,29,30)(H,31,32,33);/q;+1/p-1. The van der Waals surface area contributed by atoms with Gasteiger partial charge in [-0.2, -0.15) is 27.1 Å². The van der Waals surface area contributed by atoms with E-state index in [0.29, 0.717) is 16.9 Å². The minimum absolute atomic E-state index is 0. The van der Waals surface area contributed by atoms with Gasteiger partial charge in [0.05, 0.1) is 41.8 Å². The fourth-order valence-corrected chi connectivity index (χ4v) is 5.07. The van der Waals surface area contributed by atoms with Gasteiger partial charge in [0.2, 0.25) is 10.4 Å². The van der Waals surface area contributed by atoms with Gasteiger partial charge < -0.3 is 9.45 Å². The topological polar surface area (TPSA) is 256 Å². The Morgan fingerprint density at radius 3 is 1.78 bits per heavy atom. The Kier molecular flexibility index (Phi) is 14.4. The minimum atomic E-state index is -5.02. The number of nitrogens with zero attached hydrogens (tertiary/aromatic N) is 3. The third-order valence-electron chi connectivity index (χ3n) is 4.78. The van der Waals surface area contributed by atoms with E-state index in [1.54, 1.807) is 19.1 Å². The van der Waals surface area contributed by atoms with Crippen LogP contribution in [0.25, 0.3) is 0 Å². The maximum atomic E-state index is 12.2. The Hall–Kier alpha value is -1.60. The first-order valence-electron chi connectivity index (χ1n) is 10.8. The second-order valence-corrected chi connectivity index (χ2v) is 13.0. The molecule has 0 saturated heterocycles. The van der Waals surface area contributed by atoms with Gasteiger partial charge in [0.1, 0.15) is 0 Å². The summed E-state index contributed by atoms with van der Waals surface area (Å²) in [5.41, 5.74) is 1.69. The van der Waals surface area contributed by atoms with Crippen LogP contribution in [-0.2, 0) is 53.6 Å². The summed E-state index contributed by atoms with van der Waals surface area (Å²) in [6.45, 7) is -0.377. The van der Waals surface area contributed by atoms with Crippen molar-refractivity contribution in [2.24, 2.45) is 10.2 Å². The summed E-state index contributed by atoms with van der Waals surface area (Å²) in [5.74, 6) is -0.734. The van der Waals surface area contributed by atoms with Crippen molar-refractivity contribution in [3.63, 3.8) is 0 Å². The van der Waals surface area contributed by atoms with E-state index in [-0.39, 0.29) is 53.2 Å². The van der Waals surface area contributed by atoms with E-state index in [2.05, 4.69) is 22.8 Å². The van der Waals surface area contributed by atoms with Gasteiger partial charge in [-0.15, -0.1) is 0 Å². The normalized spacial score (nSPS) is 12.8. The Bertz CT molecular complexity index is 1590. The van der Waals surface area contributed by atoms with Crippen molar-refractivity contribution in [3.8, 4) is 0 Å². The van der Waals surface area contributed by atoms with Crippen LogP contribution in [0.1, 0.15) is 5.56 Å².